The first kappa shape index (κ1) is 11.0. The fourth-order valence-corrected chi connectivity index (χ4v) is 2.51. The number of carbonyl (C=O) groups excluding carboxylic acids is 1. The molecule has 0 aromatic heterocycles. The van der Waals surface area contributed by atoms with Crippen LogP contribution in [0.5, 0.6) is 0 Å². The Morgan fingerprint density at radius 3 is 2.53 bits per heavy atom. The van der Waals surface area contributed by atoms with Crippen molar-refractivity contribution < 1.29 is 4.79 Å². The Balaban J connectivity index is 1.73. The molecule has 1 unspecified atom stereocenters. The molecule has 0 radical (unpaired) electrons. The highest BCUT2D eigenvalue weighted by Gasteiger charge is 2.36. The SMILES string of the molecule is O=C1NC(c2ccc(Br)cc2)CN1C1CNC1. The van der Waals surface area contributed by atoms with Crippen molar-refractivity contribution in [2.24, 2.45) is 0 Å². The number of hydrogen-bond donors (Lipinski definition) is 2. The lowest BCUT2D eigenvalue weighted by Crippen LogP contribution is -2.57. The van der Waals surface area contributed by atoms with E-state index in [1.165, 1.54) is 0 Å². The lowest BCUT2D eigenvalue weighted by atomic mass is 10.1. The number of amides is 2. The van der Waals surface area contributed by atoms with Gasteiger partial charge < -0.3 is 15.5 Å². The summed E-state index contributed by atoms with van der Waals surface area (Å²) in [7, 11) is 0. The number of nitrogens with zero attached hydrogens (tertiary/aromatic N) is 1. The van der Waals surface area contributed by atoms with Gasteiger partial charge in [0.15, 0.2) is 0 Å². The Labute approximate surface area is 108 Å². The maximum atomic E-state index is 11.8. The van der Waals surface area contributed by atoms with Gasteiger partial charge in [-0.2, -0.15) is 0 Å². The Bertz CT molecular complexity index is 430. The second-order valence-electron chi connectivity index (χ2n) is 4.52. The molecule has 1 aromatic rings. The van der Waals surface area contributed by atoms with Crippen LogP contribution in [0.4, 0.5) is 4.79 Å². The molecule has 2 fully saturated rings. The first-order valence-electron chi connectivity index (χ1n) is 5.77. The molecule has 1 atom stereocenters. The van der Waals surface area contributed by atoms with Gasteiger partial charge >= 0.3 is 6.03 Å². The van der Waals surface area contributed by atoms with E-state index in [9.17, 15) is 4.79 Å². The van der Waals surface area contributed by atoms with Gasteiger partial charge in [0.25, 0.3) is 0 Å². The van der Waals surface area contributed by atoms with Crippen molar-refractivity contribution in [3.05, 3.63) is 34.3 Å². The van der Waals surface area contributed by atoms with Crippen LogP contribution in [0.1, 0.15) is 11.6 Å². The zero-order chi connectivity index (χ0) is 11.8. The van der Waals surface area contributed by atoms with Gasteiger partial charge in [-0.15, -0.1) is 0 Å². The van der Waals surface area contributed by atoms with Crippen LogP contribution in [-0.2, 0) is 0 Å². The van der Waals surface area contributed by atoms with Crippen molar-refractivity contribution in [2.75, 3.05) is 19.6 Å². The minimum atomic E-state index is 0.0596. The van der Waals surface area contributed by atoms with Gasteiger partial charge in [-0.05, 0) is 17.7 Å². The predicted molar refractivity (Wildman–Crippen MR) is 68.8 cm³/mol. The van der Waals surface area contributed by atoms with Gasteiger partial charge in [-0.3, -0.25) is 0 Å². The second kappa shape index (κ2) is 4.31. The normalized spacial score (nSPS) is 24.6. The molecule has 0 saturated carbocycles. The number of nitrogens with one attached hydrogen (secondary N) is 2. The van der Waals surface area contributed by atoms with E-state index < -0.39 is 0 Å². The third kappa shape index (κ3) is 2.05. The summed E-state index contributed by atoms with van der Waals surface area (Å²) in [5.41, 5.74) is 1.16. The summed E-state index contributed by atoms with van der Waals surface area (Å²) in [4.78, 5) is 13.8. The molecular weight excluding hydrogens is 282 g/mol. The predicted octanol–water partition coefficient (Wildman–Crippen LogP) is 1.49. The molecule has 4 nitrogen and oxygen atoms in total. The third-order valence-corrected chi connectivity index (χ3v) is 3.94. The van der Waals surface area contributed by atoms with E-state index >= 15 is 0 Å². The van der Waals surface area contributed by atoms with E-state index in [2.05, 4.69) is 38.7 Å². The van der Waals surface area contributed by atoms with Crippen LogP contribution in [0.25, 0.3) is 0 Å². The van der Waals surface area contributed by atoms with Gasteiger partial charge in [0.05, 0.1) is 12.1 Å². The maximum Gasteiger partial charge on any atom is 0.318 e. The van der Waals surface area contributed by atoms with E-state index in [0.29, 0.717) is 6.04 Å². The first-order chi connectivity index (χ1) is 8.24. The Morgan fingerprint density at radius 1 is 1.24 bits per heavy atom. The Hall–Kier alpha value is -1.07. The van der Waals surface area contributed by atoms with Crippen molar-refractivity contribution in [3.63, 3.8) is 0 Å². The van der Waals surface area contributed by atoms with Crippen LogP contribution in [0.3, 0.4) is 0 Å². The Morgan fingerprint density at radius 2 is 1.94 bits per heavy atom. The summed E-state index contributed by atoms with van der Waals surface area (Å²) in [5.74, 6) is 0. The van der Waals surface area contributed by atoms with Crippen LogP contribution in [0.2, 0.25) is 0 Å². The molecule has 1 aromatic carbocycles. The lowest BCUT2D eigenvalue weighted by molar-refractivity contribution is 0.172. The fraction of sp³-hybridized carbons (Fsp3) is 0.417. The van der Waals surface area contributed by atoms with Crippen LogP contribution in [-0.4, -0.2) is 36.6 Å². The monoisotopic (exact) mass is 295 g/mol. The summed E-state index contributed by atoms with van der Waals surface area (Å²) >= 11 is 3.42. The Kier molecular flexibility index (Phi) is 2.80. The molecule has 3 rings (SSSR count). The van der Waals surface area contributed by atoms with Gasteiger partial charge in [0, 0.05) is 24.1 Å². The second-order valence-corrected chi connectivity index (χ2v) is 5.43. The lowest BCUT2D eigenvalue weighted by Gasteiger charge is -2.34. The third-order valence-electron chi connectivity index (χ3n) is 3.41. The van der Waals surface area contributed by atoms with Crippen LogP contribution in [0.15, 0.2) is 28.7 Å². The fourth-order valence-electron chi connectivity index (χ4n) is 2.25. The van der Waals surface area contributed by atoms with Gasteiger partial charge in [-0.1, -0.05) is 28.1 Å². The number of urea groups is 1. The van der Waals surface area contributed by atoms with E-state index in [1.54, 1.807) is 0 Å². The summed E-state index contributed by atoms with van der Waals surface area (Å²) in [6.07, 6.45) is 0. The molecule has 2 saturated heterocycles. The highest BCUT2D eigenvalue weighted by molar-refractivity contribution is 9.10. The van der Waals surface area contributed by atoms with E-state index in [-0.39, 0.29) is 12.1 Å². The number of rotatable bonds is 2. The van der Waals surface area contributed by atoms with Crippen molar-refractivity contribution in [3.8, 4) is 0 Å². The molecule has 2 aliphatic rings. The molecule has 2 amide bonds. The molecular formula is C12H14BrN3O. The number of halogens is 1. The number of carbonyl (C=O) groups is 1. The minimum Gasteiger partial charge on any atom is -0.329 e. The number of hydrogen-bond acceptors (Lipinski definition) is 2. The molecule has 2 heterocycles. The quantitative estimate of drug-likeness (QED) is 0.868. The highest BCUT2D eigenvalue weighted by atomic mass is 79.9. The van der Waals surface area contributed by atoms with E-state index in [0.717, 1.165) is 29.7 Å². The summed E-state index contributed by atoms with van der Waals surface area (Å²) in [6.45, 7) is 2.60. The van der Waals surface area contributed by atoms with E-state index in [4.69, 9.17) is 0 Å². The average Bonchev–Trinajstić information content (AvgIpc) is 2.60. The molecule has 0 bridgehead atoms. The summed E-state index contributed by atoms with van der Waals surface area (Å²) in [5, 5.41) is 6.23. The molecule has 0 aliphatic carbocycles. The van der Waals surface area contributed by atoms with Gasteiger partial charge in [0.2, 0.25) is 0 Å². The van der Waals surface area contributed by atoms with Crippen molar-refractivity contribution in [2.45, 2.75) is 12.1 Å². The average molecular weight is 296 g/mol. The molecule has 5 heteroatoms. The van der Waals surface area contributed by atoms with Gasteiger partial charge in [0.1, 0.15) is 0 Å². The summed E-state index contributed by atoms with van der Waals surface area (Å²) < 4.78 is 1.06. The van der Waals surface area contributed by atoms with Crippen LogP contribution >= 0.6 is 15.9 Å². The van der Waals surface area contributed by atoms with Crippen molar-refractivity contribution >= 4 is 22.0 Å². The molecule has 0 spiro atoms. The zero-order valence-electron chi connectivity index (χ0n) is 9.32. The van der Waals surface area contributed by atoms with Crippen LogP contribution < -0.4 is 10.6 Å². The highest BCUT2D eigenvalue weighted by Crippen LogP contribution is 2.24. The van der Waals surface area contributed by atoms with Gasteiger partial charge in [-0.25, -0.2) is 4.79 Å². The topological polar surface area (TPSA) is 44.4 Å². The van der Waals surface area contributed by atoms with E-state index in [1.807, 2.05) is 17.0 Å². The number of benzene rings is 1. The molecule has 17 heavy (non-hydrogen) atoms. The zero-order valence-corrected chi connectivity index (χ0v) is 10.9. The molecule has 90 valence electrons. The largest absolute Gasteiger partial charge is 0.329 e. The summed E-state index contributed by atoms with van der Waals surface area (Å²) in [6, 6.07) is 8.68. The van der Waals surface area contributed by atoms with Crippen molar-refractivity contribution in [1.82, 2.24) is 15.5 Å². The molecule has 2 N–H and O–H groups in total. The smallest absolute Gasteiger partial charge is 0.318 e. The maximum absolute atomic E-state index is 11.8. The first-order valence-corrected chi connectivity index (χ1v) is 6.56. The minimum absolute atomic E-state index is 0.0596. The standard InChI is InChI=1S/C12H14BrN3O/c13-9-3-1-8(2-4-9)11-7-16(12(17)15-11)10-5-14-6-10/h1-4,10-11,14H,5-7H2,(H,15,17). The van der Waals surface area contributed by atoms with Crippen molar-refractivity contribution in [1.29, 1.82) is 0 Å². The van der Waals surface area contributed by atoms with Crippen LogP contribution in [0, 0.1) is 0 Å². The molecule has 2 aliphatic heterocycles.